The number of hydrogen-bond acceptors (Lipinski definition) is 3. The van der Waals surface area contributed by atoms with Crippen molar-refractivity contribution in [3.8, 4) is 11.5 Å². The molecule has 1 aromatic rings. The van der Waals surface area contributed by atoms with Gasteiger partial charge in [-0.3, -0.25) is 0 Å². The molecule has 0 saturated heterocycles. The van der Waals surface area contributed by atoms with Crippen molar-refractivity contribution in [1.29, 1.82) is 0 Å². The van der Waals surface area contributed by atoms with Crippen LogP contribution >= 0.6 is 0 Å². The van der Waals surface area contributed by atoms with Crippen LogP contribution in [0.4, 0.5) is 0 Å². The normalized spacial score (nSPS) is 21.1. The quantitative estimate of drug-likeness (QED) is 0.849. The summed E-state index contributed by atoms with van der Waals surface area (Å²) in [5.74, 6) is 1.60. The van der Waals surface area contributed by atoms with Gasteiger partial charge >= 0.3 is 0 Å². The Bertz CT molecular complexity index is 419. The van der Waals surface area contributed by atoms with Gasteiger partial charge in [-0.05, 0) is 43.4 Å². The Morgan fingerprint density at radius 3 is 2.65 bits per heavy atom. The minimum Gasteiger partial charge on any atom is -0.493 e. The van der Waals surface area contributed by atoms with Gasteiger partial charge in [0.1, 0.15) is 0 Å². The third kappa shape index (κ3) is 2.55. The van der Waals surface area contributed by atoms with E-state index in [1.165, 1.54) is 0 Å². The molecular formula is C14H18O3. The highest BCUT2D eigenvalue weighted by atomic mass is 16.5. The number of aliphatic hydroxyl groups is 1. The molecule has 2 aliphatic rings. The molecular weight excluding hydrogens is 216 g/mol. The van der Waals surface area contributed by atoms with E-state index in [0.717, 1.165) is 42.7 Å². The fourth-order valence-corrected chi connectivity index (χ4v) is 1.99. The van der Waals surface area contributed by atoms with Crippen molar-refractivity contribution in [2.45, 2.75) is 43.8 Å². The molecule has 1 aromatic carbocycles. The van der Waals surface area contributed by atoms with Gasteiger partial charge in [-0.25, -0.2) is 0 Å². The first-order valence-electron chi connectivity index (χ1n) is 6.24. The molecule has 0 radical (unpaired) electrons. The Morgan fingerprint density at radius 1 is 1.29 bits per heavy atom. The molecule has 0 bridgehead atoms. The number of rotatable bonds is 5. The molecule has 3 nitrogen and oxygen atoms in total. The summed E-state index contributed by atoms with van der Waals surface area (Å²) in [6.45, 7) is 0. The van der Waals surface area contributed by atoms with Crippen molar-refractivity contribution in [2.75, 3.05) is 7.11 Å². The molecule has 3 rings (SSSR count). The summed E-state index contributed by atoms with van der Waals surface area (Å²) in [6.07, 6.45) is 5.20. The SMILES string of the molecule is COc1cc(CC2(O)CC2)ccc1OC1CC1. The van der Waals surface area contributed by atoms with Gasteiger partial charge in [0.25, 0.3) is 0 Å². The fraction of sp³-hybridized carbons (Fsp3) is 0.571. The summed E-state index contributed by atoms with van der Waals surface area (Å²) in [5.41, 5.74) is 0.661. The van der Waals surface area contributed by atoms with Crippen LogP contribution in [0.1, 0.15) is 31.2 Å². The molecule has 0 atom stereocenters. The third-order valence-corrected chi connectivity index (χ3v) is 3.41. The Balaban J connectivity index is 1.76. The van der Waals surface area contributed by atoms with Gasteiger partial charge in [-0.1, -0.05) is 6.07 Å². The minimum atomic E-state index is -0.454. The van der Waals surface area contributed by atoms with Gasteiger partial charge < -0.3 is 14.6 Å². The highest BCUT2D eigenvalue weighted by Crippen LogP contribution is 2.40. The molecule has 17 heavy (non-hydrogen) atoms. The molecule has 92 valence electrons. The van der Waals surface area contributed by atoms with Gasteiger partial charge in [0.2, 0.25) is 0 Å². The van der Waals surface area contributed by atoms with E-state index >= 15 is 0 Å². The summed E-state index contributed by atoms with van der Waals surface area (Å²) in [5, 5.41) is 9.90. The fourth-order valence-electron chi connectivity index (χ4n) is 1.99. The highest BCUT2D eigenvalue weighted by molar-refractivity contribution is 5.44. The van der Waals surface area contributed by atoms with Crippen LogP contribution in [0.3, 0.4) is 0 Å². The van der Waals surface area contributed by atoms with E-state index in [-0.39, 0.29) is 0 Å². The zero-order valence-corrected chi connectivity index (χ0v) is 10.1. The largest absolute Gasteiger partial charge is 0.493 e. The number of hydrogen-bond donors (Lipinski definition) is 1. The standard InChI is InChI=1S/C14H18O3/c1-16-13-8-10(9-14(15)6-7-14)2-5-12(13)17-11-3-4-11/h2,5,8,11,15H,3-4,6-7,9H2,1H3. The van der Waals surface area contributed by atoms with Crippen molar-refractivity contribution in [2.24, 2.45) is 0 Å². The molecule has 2 saturated carbocycles. The maximum absolute atomic E-state index is 9.90. The van der Waals surface area contributed by atoms with Crippen molar-refractivity contribution in [3.63, 3.8) is 0 Å². The monoisotopic (exact) mass is 234 g/mol. The molecule has 0 heterocycles. The zero-order valence-electron chi connectivity index (χ0n) is 10.1. The van der Waals surface area contributed by atoms with Crippen LogP contribution in [0.2, 0.25) is 0 Å². The molecule has 1 N–H and O–H groups in total. The molecule has 0 aromatic heterocycles. The number of ether oxygens (including phenoxy) is 2. The summed E-state index contributed by atoms with van der Waals surface area (Å²) in [6, 6.07) is 5.96. The second kappa shape index (κ2) is 3.91. The van der Waals surface area contributed by atoms with Gasteiger partial charge in [-0.2, -0.15) is 0 Å². The second-order valence-corrected chi connectivity index (χ2v) is 5.20. The maximum Gasteiger partial charge on any atom is 0.161 e. The average Bonchev–Trinajstić information content (AvgIpc) is 3.21. The summed E-state index contributed by atoms with van der Waals surface area (Å²) in [7, 11) is 1.66. The van der Waals surface area contributed by atoms with Crippen LogP contribution in [0.25, 0.3) is 0 Å². The molecule has 0 spiro atoms. The first kappa shape index (κ1) is 10.9. The molecule has 3 heteroatoms. The van der Waals surface area contributed by atoms with Crippen molar-refractivity contribution >= 4 is 0 Å². The van der Waals surface area contributed by atoms with Crippen molar-refractivity contribution in [1.82, 2.24) is 0 Å². The molecule has 0 aliphatic heterocycles. The predicted octanol–water partition coefficient (Wildman–Crippen LogP) is 2.30. The van der Waals surface area contributed by atoms with E-state index in [0.29, 0.717) is 12.5 Å². The predicted molar refractivity (Wildman–Crippen MR) is 64.5 cm³/mol. The maximum atomic E-state index is 9.90. The van der Waals surface area contributed by atoms with E-state index in [1.54, 1.807) is 7.11 Å². The Labute approximate surface area is 101 Å². The molecule has 0 amide bonds. The topological polar surface area (TPSA) is 38.7 Å². The third-order valence-electron chi connectivity index (χ3n) is 3.41. The first-order chi connectivity index (χ1) is 8.18. The Kier molecular flexibility index (Phi) is 2.51. The van der Waals surface area contributed by atoms with Crippen LogP contribution in [-0.2, 0) is 6.42 Å². The summed E-state index contributed by atoms with van der Waals surface area (Å²) in [4.78, 5) is 0. The van der Waals surface area contributed by atoms with E-state index in [2.05, 4.69) is 0 Å². The highest BCUT2D eigenvalue weighted by Gasteiger charge is 2.40. The lowest BCUT2D eigenvalue weighted by atomic mass is 10.1. The summed E-state index contributed by atoms with van der Waals surface area (Å²) >= 11 is 0. The van der Waals surface area contributed by atoms with E-state index in [1.807, 2.05) is 18.2 Å². The smallest absolute Gasteiger partial charge is 0.161 e. The van der Waals surface area contributed by atoms with Crippen molar-refractivity contribution in [3.05, 3.63) is 23.8 Å². The van der Waals surface area contributed by atoms with Crippen LogP contribution in [0, 0.1) is 0 Å². The average molecular weight is 234 g/mol. The minimum absolute atomic E-state index is 0.377. The van der Waals surface area contributed by atoms with E-state index in [9.17, 15) is 5.11 Å². The zero-order chi connectivity index (χ0) is 11.9. The van der Waals surface area contributed by atoms with Gasteiger partial charge in [0, 0.05) is 6.42 Å². The lowest BCUT2D eigenvalue weighted by Gasteiger charge is -2.13. The lowest BCUT2D eigenvalue weighted by Crippen LogP contribution is -2.10. The Morgan fingerprint density at radius 2 is 2.06 bits per heavy atom. The van der Waals surface area contributed by atoms with Crippen LogP contribution < -0.4 is 9.47 Å². The molecule has 0 unspecified atom stereocenters. The van der Waals surface area contributed by atoms with Crippen LogP contribution in [-0.4, -0.2) is 23.9 Å². The number of benzene rings is 1. The summed E-state index contributed by atoms with van der Waals surface area (Å²) < 4.78 is 11.1. The van der Waals surface area contributed by atoms with Gasteiger partial charge in [0.05, 0.1) is 18.8 Å². The van der Waals surface area contributed by atoms with E-state index in [4.69, 9.17) is 9.47 Å². The first-order valence-corrected chi connectivity index (χ1v) is 6.24. The van der Waals surface area contributed by atoms with Crippen LogP contribution in [0.5, 0.6) is 11.5 Å². The second-order valence-electron chi connectivity index (χ2n) is 5.20. The van der Waals surface area contributed by atoms with Crippen molar-refractivity contribution < 1.29 is 14.6 Å². The molecule has 2 fully saturated rings. The van der Waals surface area contributed by atoms with Crippen LogP contribution in [0.15, 0.2) is 18.2 Å². The Hall–Kier alpha value is -1.22. The lowest BCUT2D eigenvalue weighted by molar-refractivity contribution is 0.151. The number of methoxy groups -OCH3 is 1. The molecule has 2 aliphatic carbocycles. The van der Waals surface area contributed by atoms with E-state index < -0.39 is 5.60 Å². The van der Waals surface area contributed by atoms with Gasteiger partial charge in [-0.15, -0.1) is 0 Å². The van der Waals surface area contributed by atoms with Gasteiger partial charge in [0.15, 0.2) is 11.5 Å².